The highest BCUT2D eigenvalue weighted by atomic mass is 16.5. The number of anilines is 1. The molecule has 11 heavy (non-hydrogen) atoms. The first-order valence-electron chi connectivity index (χ1n) is 2.82. The zero-order valence-corrected chi connectivity index (χ0v) is 5.48. The minimum absolute atomic E-state index is 0.269. The van der Waals surface area contributed by atoms with Gasteiger partial charge in [0.25, 0.3) is 5.82 Å². The third kappa shape index (κ3) is 1.21. The second kappa shape index (κ2) is 2.45. The van der Waals surface area contributed by atoms with E-state index < -0.39 is 5.97 Å². The Bertz CT molecular complexity index is 298. The molecule has 1 aromatic heterocycles. The normalized spacial score (nSPS) is 9.45. The van der Waals surface area contributed by atoms with Crippen LogP contribution in [0.3, 0.4) is 0 Å². The van der Waals surface area contributed by atoms with E-state index in [1.54, 1.807) is 0 Å². The molecule has 5 nitrogen and oxygen atoms in total. The van der Waals surface area contributed by atoms with E-state index in [1.807, 2.05) is 0 Å². The number of carbonyl (C=O) groups excluding carboxylic acids is 1. The zero-order valence-electron chi connectivity index (χ0n) is 5.48. The maximum absolute atomic E-state index is 10.6. The van der Waals surface area contributed by atoms with Crippen LogP contribution in [0, 0.1) is 5.21 Å². The van der Waals surface area contributed by atoms with Crippen LogP contribution in [-0.2, 0) is 0 Å². The minimum Gasteiger partial charge on any atom is -0.711 e. The van der Waals surface area contributed by atoms with Gasteiger partial charge in [0.05, 0.1) is 17.7 Å². The number of nitrogen functional groups attached to an aromatic ring is 1. The van der Waals surface area contributed by atoms with Crippen molar-refractivity contribution in [1.82, 2.24) is 0 Å². The average Bonchev–Trinajstić information content (AvgIpc) is 1.94. The van der Waals surface area contributed by atoms with Crippen molar-refractivity contribution >= 4 is 11.8 Å². The van der Waals surface area contributed by atoms with Gasteiger partial charge in [0.2, 0.25) is 0 Å². The summed E-state index contributed by atoms with van der Waals surface area (Å²) in [6.45, 7) is 0. The second-order valence-electron chi connectivity index (χ2n) is 1.92. The van der Waals surface area contributed by atoms with Gasteiger partial charge < -0.3 is 15.1 Å². The summed E-state index contributed by atoms with van der Waals surface area (Å²) >= 11 is 0. The summed E-state index contributed by atoms with van der Waals surface area (Å²) in [5.41, 5.74) is 4.82. The summed E-state index contributed by atoms with van der Waals surface area (Å²) in [7, 11) is 0. The van der Waals surface area contributed by atoms with Crippen LogP contribution in [0.1, 0.15) is 10.4 Å². The molecule has 0 aliphatic heterocycles. The molecule has 0 fully saturated rings. The smallest absolute Gasteiger partial charge is 0.284 e. The number of carboxylic acids is 1. The molecule has 0 saturated heterocycles. The molecule has 1 aromatic rings. The molecule has 0 bridgehead atoms. The Labute approximate surface area is 62.3 Å². The van der Waals surface area contributed by atoms with Gasteiger partial charge in [-0.1, -0.05) is 0 Å². The van der Waals surface area contributed by atoms with Crippen LogP contribution in [0.4, 0.5) is 5.82 Å². The third-order valence-corrected chi connectivity index (χ3v) is 1.22. The molecule has 0 radical (unpaired) electrons. The SMILES string of the molecule is Nc1c(C(=O)[O-])ccc[n+]1[O-]. The summed E-state index contributed by atoms with van der Waals surface area (Å²) in [6.07, 6.45) is 1.11. The number of aromatic carboxylic acids is 1. The standard InChI is InChI=1S/C6H6N2O3/c7-5-4(6(9)10)2-1-3-8(5)11/h1-3H,7H2,(H,9,10)/p-1. The van der Waals surface area contributed by atoms with Crippen LogP contribution in [0.25, 0.3) is 0 Å². The molecule has 2 N–H and O–H groups in total. The molecule has 0 amide bonds. The van der Waals surface area contributed by atoms with Crippen LogP contribution >= 0.6 is 0 Å². The van der Waals surface area contributed by atoms with Crippen molar-refractivity contribution in [3.63, 3.8) is 0 Å². The van der Waals surface area contributed by atoms with E-state index in [2.05, 4.69) is 0 Å². The van der Waals surface area contributed by atoms with Crippen molar-refractivity contribution in [2.75, 3.05) is 5.73 Å². The lowest BCUT2D eigenvalue weighted by molar-refractivity contribution is -0.590. The molecule has 0 unspecified atom stereocenters. The fraction of sp³-hybridized carbons (Fsp3) is 0. The number of pyridine rings is 1. The number of carbonyl (C=O) groups is 1. The van der Waals surface area contributed by atoms with Crippen molar-refractivity contribution in [2.45, 2.75) is 0 Å². The van der Waals surface area contributed by atoms with E-state index in [9.17, 15) is 15.1 Å². The van der Waals surface area contributed by atoms with Gasteiger partial charge in [-0.05, 0) is 12.1 Å². The molecule has 1 rings (SSSR count). The summed E-state index contributed by atoms with van der Waals surface area (Å²) in [4.78, 5) is 10.2. The number of hydrogen-bond acceptors (Lipinski definition) is 4. The molecule has 0 saturated carbocycles. The molecule has 5 heteroatoms. The fourth-order valence-electron chi connectivity index (χ4n) is 0.674. The molecule has 0 aliphatic carbocycles. The minimum atomic E-state index is -1.45. The van der Waals surface area contributed by atoms with Crippen molar-refractivity contribution in [2.24, 2.45) is 0 Å². The van der Waals surface area contributed by atoms with Gasteiger partial charge in [-0.15, -0.1) is 0 Å². The van der Waals surface area contributed by atoms with Gasteiger partial charge in [-0.3, -0.25) is 5.73 Å². The Balaban J connectivity index is 3.27. The lowest BCUT2D eigenvalue weighted by atomic mass is 10.2. The first-order valence-corrected chi connectivity index (χ1v) is 2.82. The van der Waals surface area contributed by atoms with E-state index in [4.69, 9.17) is 5.73 Å². The van der Waals surface area contributed by atoms with Gasteiger partial charge in [0, 0.05) is 0 Å². The number of hydrogen-bond donors (Lipinski definition) is 1. The van der Waals surface area contributed by atoms with Crippen LogP contribution in [0.5, 0.6) is 0 Å². The van der Waals surface area contributed by atoms with Crippen molar-refractivity contribution < 1.29 is 14.6 Å². The van der Waals surface area contributed by atoms with Crippen LogP contribution in [-0.4, -0.2) is 5.97 Å². The largest absolute Gasteiger partial charge is 0.711 e. The van der Waals surface area contributed by atoms with Gasteiger partial charge >= 0.3 is 0 Å². The number of aromatic nitrogens is 1. The first kappa shape index (κ1) is 7.33. The number of nitrogens with zero attached hydrogens (tertiary/aromatic N) is 1. The van der Waals surface area contributed by atoms with Gasteiger partial charge in [0.1, 0.15) is 0 Å². The molecule has 58 valence electrons. The molecule has 0 aromatic carbocycles. The van der Waals surface area contributed by atoms with E-state index in [-0.39, 0.29) is 16.1 Å². The molecule has 0 aliphatic rings. The van der Waals surface area contributed by atoms with E-state index in [1.165, 1.54) is 12.1 Å². The average molecular weight is 153 g/mol. The summed E-state index contributed by atoms with van der Waals surface area (Å²) in [6, 6.07) is 2.49. The first-order chi connectivity index (χ1) is 5.13. The summed E-state index contributed by atoms with van der Waals surface area (Å²) < 4.78 is 0.269. The molecular formula is C6H5N2O3-. The number of nitrogens with two attached hydrogens (primary N) is 1. The number of rotatable bonds is 1. The highest BCUT2D eigenvalue weighted by molar-refractivity contribution is 5.89. The number of carboxylic acid groups (broad SMARTS) is 1. The maximum atomic E-state index is 10.6. The highest BCUT2D eigenvalue weighted by Crippen LogP contribution is 2.02. The van der Waals surface area contributed by atoms with Gasteiger partial charge in [-0.2, -0.15) is 0 Å². The van der Waals surface area contributed by atoms with Crippen molar-refractivity contribution in [3.05, 3.63) is 29.1 Å². The second-order valence-corrected chi connectivity index (χ2v) is 1.92. The topological polar surface area (TPSA) is 93.1 Å². The lowest BCUT2D eigenvalue weighted by Gasteiger charge is -2.07. The summed E-state index contributed by atoms with van der Waals surface area (Å²) in [5.74, 6) is -1.81. The van der Waals surface area contributed by atoms with Crippen molar-refractivity contribution in [1.29, 1.82) is 0 Å². The maximum Gasteiger partial charge on any atom is 0.284 e. The van der Waals surface area contributed by atoms with E-state index in [0.29, 0.717) is 0 Å². The van der Waals surface area contributed by atoms with Crippen LogP contribution in [0.2, 0.25) is 0 Å². The Morgan fingerprint density at radius 1 is 1.64 bits per heavy atom. The predicted molar refractivity (Wildman–Crippen MR) is 34.1 cm³/mol. The molecule has 0 atom stereocenters. The third-order valence-electron chi connectivity index (χ3n) is 1.22. The van der Waals surface area contributed by atoms with Crippen molar-refractivity contribution in [3.8, 4) is 0 Å². The Morgan fingerprint density at radius 2 is 2.27 bits per heavy atom. The molecule has 0 spiro atoms. The molecular weight excluding hydrogens is 148 g/mol. The lowest BCUT2D eigenvalue weighted by Crippen LogP contribution is -2.35. The van der Waals surface area contributed by atoms with Gasteiger partial charge in [0.15, 0.2) is 0 Å². The fourth-order valence-corrected chi connectivity index (χ4v) is 0.674. The quantitative estimate of drug-likeness (QED) is 0.383. The predicted octanol–water partition coefficient (Wildman–Crippen LogP) is -1.73. The summed E-state index contributed by atoms with van der Waals surface area (Å²) in [5, 5.41) is 20.9. The Hall–Kier alpha value is -1.78. The molecule has 1 heterocycles. The highest BCUT2D eigenvalue weighted by Gasteiger charge is 2.05. The van der Waals surface area contributed by atoms with E-state index in [0.717, 1.165) is 6.20 Å². The monoisotopic (exact) mass is 153 g/mol. The Morgan fingerprint density at radius 3 is 2.73 bits per heavy atom. The Kier molecular flexibility index (Phi) is 1.63. The zero-order chi connectivity index (χ0) is 8.43. The van der Waals surface area contributed by atoms with E-state index >= 15 is 0 Å². The van der Waals surface area contributed by atoms with Gasteiger partial charge in [-0.25, -0.2) is 4.73 Å². The van der Waals surface area contributed by atoms with Crippen LogP contribution in [0.15, 0.2) is 18.3 Å². The van der Waals surface area contributed by atoms with Crippen LogP contribution < -0.4 is 15.6 Å².